The molecule has 0 saturated heterocycles. The molecule has 154 valence electrons. The van der Waals surface area contributed by atoms with E-state index in [9.17, 15) is 22.7 Å². The number of aliphatic imine (C=N–C) groups is 1. The number of benzene rings is 2. The molecule has 0 saturated carbocycles. The van der Waals surface area contributed by atoms with Crippen molar-refractivity contribution >= 4 is 41.5 Å². The van der Waals surface area contributed by atoms with Crippen molar-refractivity contribution < 1.29 is 27.4 Å². The summed E-state index contributed by atoms with van der Waals surface area (Å²) in [6.45, 7) is 0.0889. The van der Waals surface area contributed by atoms with Crippen LogP contribution in [0, 0.1) is 5.82 Å². The van der Waals surface area contributed by atoms with Gasteiger partial charge in [0.05, 0.1) is 17.7 Å². The van der Waals surface area contributed by atoms with Gasteiger partial charge in [-0.3, -0.25) is 0 Å². The number of nitrogens with two attached hydrogens (primary N) is 1. The summed E-state index contributed by atoms with van der Waals surface area (Å²) in [6.07, 6.45) is -5.79. The number of rotatable bonds is 6. The first-order valence-electron chi connectivity index (χ1n) is 7.65. The van der Waals surface area contributed by atoms with Crippen LogP contribution < -0.4 is 15.8 Å². The Kier molecular flexibility index (Phi) is 9.24. The van der Waals surface area contributed by atoms with Crippen molar-refractivity contribution in [1.82, 2.24) is 5.32 Å². The first-order valence-corrected chi connectivity index (χ1v) is 8.03. The summed E-state index contributed by atoms with van der Waals surface area (Å²) in [5.41, 5.74) is 6.60. The molecule has 1 atom stereocenters. The van der Waals surface area contributed by atoms with Gasteiger partial charge in [-0.2, -0.15) is 0 Å². The fraction of sp³-hybridized carbons (Fsp3) is 0.235. The molecule has 0 aliphatic heterocycles. The lowest BCUT2D eigenvalue weighted by atomic mass is 10.1. The Morgan fingerprint density at radius 3 is 2.43 bits per heavy atom. The summed E-state index contributed by atoms with van der Waals surface area (Å²) in [5, 5.41) is 12.6. The fourth-order valence-corrected chi connectivity index (χ4v) is 2.19. The Balaban J connectivity index is 0.00000392. The number of hydrogen-bond donors (Lipinski definition) is 3. The van der Waals surface area contributed by atoms with Crippen molar-refractivity contribution in [3.05, 3.63) is 64.4 Å². The Morgan fingerprint density at radius 2 is 1.86 bits per heavy atom. The molecule has 2 rings (SSSR count). The average Bonchev–Trinajstić information content (AvgIpc) is 2.60. The number of guanidine groups is 1. The van der Waals surface area contributed by atoms with Gasteiger partial charge in [0.15, 0.2) is 5.96 Å². The second-order valence-corrected chi connectivity index (χ2v) is 5.87. The second kappa shape index (κ2) is 10.7. The Labute approximate surface area is 180 Å². The zero-order valence-electron chi connectivity index (χ0n) is 14.2. The number of hydrogen-bond acceptors (Lipinski definition) is 3. The molecule has 0 radical (unpaired) electrons. The van der Waals surface area contributed by atoms with Gasteiger partial charge in [0.2, 0.25) is 0 Å². The largest absolute Gasteiger partial charge is 0.573 e. The van der Waals surface area contributed by atoms with Crippen LogP contribution in [0.1, 0.15) is 17.2 Å². The molecule has 0 bridgehead atoms. The van der Waals surface area contributed by atoms with E-state index in [1.165, 1.54) is 36.4 Å². The van der Waals surface area contributed by atoms with Crippen LogP contribution in [0.25, 0.3) is 0 Å². The number of aliphatic hydroxyl groups excluding tert-OH is 1. The summed E-state index contributed by atoms with van der Waals surface area (Å²) in [6, 6.07) is 9.11. The number of ether oxygens (including phenoxy) is 1. The number of nitrogens with zero attached hydrogens (tertiary/aromatic N) is 1. The van der Waals surface area contributed by atoms with E-state index in [1.807, 2.05) is 0 Å². The summed E-state index contributed by atoms with van der Waals surface area (Å²) in [4.78, 5) is 4.01. The maximum absolute atomic E-state index is 13.4. The van der Waals surface area contributed by atoms with Crippen LogP contribution in [0.3, 0.4) is 0 Å². The SMILES string of the molecule is I.NC(=NCc1ccc(OC(F)(F)F)cc1)NCC(O)c1ccc(Cl)c(F)c1. The van der Waals surface area contributed by atoms with Crippen molar-refractivity contribution in [2.75, 3.05) is 6.54 Å². The number of halogens is 6. The molecule has 28 heavy (non-hydrogen) atoms. The Hall–Kier alpha value is -1.79. The number of aliphatic hydroxyl groups is 1. The van der Waals surface area contributed by atoms with E-state index in [0.29, 0.717) is 11.1 Å². The average molecular weight is 534 g/mol. The molecular weight excluding hydrogens is 517 g/mol. The van der Waals surface area contributed by atoms with E-state index < -0.39 is 18.3 Å². The lowest BCUT2D eigenvalue weighted by molar-refractivity contribution is -0.274. The normalized spacial score (nSPS) is 12.9. The van der Waals surface area contributed by atoms with E-state index in [-0.39, 0.29) is 53.8 Å². The Bertz CT molecular complexity index is 804. The van der Waals surface area contributed by atoms with Gasteiger partial charge in [-0.1, -0.05) is 29.8 Å². The molecule has 0 aliphatic carbocycles. The van der Waals surface area contributed by atoms with E-state index in [4.69, 9.17) is 17.3 Å². The van der Waals surface area contributed by atoms with Crippen molar-refractivity contribution in [3.8, 4) is 5.75 Å². The molecule has 0 fully saturated rings. The van der Waals surface area contributed by atoms with Gasteiger partial charge < -0.3 is 20.9 Å². The first kappa shape index (κ1) is 24.2. The maximum Gasteiger partial charge on any atom is 0.573 e. The molecular formula is C17H17ClF4IN3O2. The number of nitrogens with one attached hydrogen (secondary N) is 1. The van der Waals surface area contributed by atoms with Crippen molar-refractivity contribution in [1.29, 1.82) is 0 Å². The van der Waals surface area contributed by atoms with Crippen LogP contribution in [-0.4, -0.2) is 24.0 Å². The summed E-state index contributed by atoms with van der Waals surface area (Å²) in [7, 11) is 0. The highest BCUT2D eigenvalue weighted by atomic mass is 127. The lowest BCUT2D eigenvalue weighted by Gasteiger charge is -2.13. The molecule has 0 spiro atoms. The van der Waals surface area contributed by atoms with Crippen molar-refractivity contribution in [2.24, 2.45) is 10.7 Å². The Morgan fingerprint density at radius 1 is 1.21 bits per heavy atom. The van der Waals surface area contributed by atoms with Gasteiger partial charge in [-0.15, -0.1) is 37.1 Å². The van der Waals surface area contributed by atoms with Gasteiger partial charge >= 0.3 is 6.36 Å². The van der Waals surface area contributed by atoms with Crippen molar-refractivity contribution in [3.63, 3.8) is 0 Å². The molecule has 1 unspecified atom stereocenters. The monoisotopic (exact) mass is 533 g/mol. The second-order valence-electron chi connectivity index (χ2n) is 5.46. The zero-order chi connectivity index (χ0) is 20.0. The third kappa shape index (κ3) is 8.07. The highest BCUT2D eigenvalue weighted by Crippen LogP contribution is 2.23. The van der Waals surface area contributed by atoms with Gasteiger partial charge in [0, 0.05) is 6.54 Å². The van der Waals surface area contributed by atoms with Gasteiger partial charge in [0.25, 0.3) is 0 Å². The van der Waals surface area contributed by atoms with Gasteiger partial charge in [-0.05, 0) is 35.4 Å². The third-order valence-electron chi connectivity index (χ3n) is 3.39. The third-order valence-corrected chi connectivity index (χ3v) is 3.70. The first-order chi connectivity index (χ1) is 12.6. The van der Waals surface area contributed by atoms with E-state index in [1.54, 1.807) is 0 Å². The van der Waals surface area contributed by atoms with Crippen LogP contribution in [0.5, 0.6) is 5.75 Å². The maximum atomic E-state index is 13.4. The smallest absolute Gasteiger partial charge is 0.406 e. The fourth-order valence-electron chi connectivity index (χ4n) is 2.07. The summed E-state index contributed by atoms with van der Waals surface area (Å²) in [5.74, 6) is -0.966. The van der Waals surface area contributed by atoms with Crippen LogP contribution in [-0.2, 0) is 6.54 Å². The van der Waals surface area contributed by atoms with E-state index >= 15 is 0 Å². The molecule has 5 nitrogen and oxygen atoms in total. The molecule has 2 aromatic carbocycles. The minimum atomic E-state index is -4.75. The number of alkyl halides is 3. The minimum Gasteiger partial charge on any atom is -0.406 e. The van der Waals surface area contributed by atoms with Crippen LogP contribution in [0.15, 0.2) is 47.5 Å². The molecule has 2 aromatic rings. The molecule has 11 heteroatoms. The predicted octanol–water partition coefficient (Wildman–Crippen LogP) is 4.13. The van der Waals surface area contributed by atoms with E-state index in [0.717, 1.165) is 6.07 Å². The van der Waals surface area contributed by atoms with Crippen molar-refractivity contribution in [2.45, 2.75) is 19.0 Å². The minimum absolute atomic E-state index is 0. The molecule has 0 heterocycles. The highest BCUT2D eigenvalue weighted by molar-refractivity contribution is 14.0. The molecule has 0 amide bonds. The zero-order valence-corrected chi connectivity index (χ0v) is 17.3. The standard InChI is InChI=1S/C17H16ClF4N3O2.HI/c18-13-6-3-11(7-14(13)19)15(26)9-25-16(23)24-8-10-1-4-12(5-2-10)27-17(20,21)22;/h1-7,15,26H,8-9H2,(H3,23,24,25);1H. The quantitative estimate of drug-likeness (QED) is 0.226. The molecule has 4 N–H and O–H groups in total. The molecule has 0 aliphatic rings. The lowest BCUT2D eigenvalue weighted by Crippen LogP contribution is -2.34. The molecule has 0 aromatic heterocycles. The highest BCUT2D eigenvalue weighted by Gasteiger charge is 2.30. The predicted molar refractivity (Wildman–Crippen MR) is 108 cm³/mol. The van der Waals surface area contributed by atoms with Gasteiger partial charge in [0.1, 0.15) is 11.6 Å². The van der Waals surface area contributed by atoms with Crippen LogP contribution >= 0.6 is 35.6 Å². The summed E-state index contributed by atoms with van der Waals surface area (Å²) < 4.78 is 53.4. The topological polar surface area (TPSA) is 79.9 Å². The summed E-state index contributed by atoms with van der Waals surface area (Å²) >= 11 is 5.58. The van der Waals surface area contributed by atoms with Crippen LogP contribution in [0.4, 0.5) is 17.6 Å². The van der Waals surface area contributed by atoms with E-state index in [2.05, 4.69) is 15.0 Å². The van der Waals surface area contributed by atoms with Gasteiger partial charge in [-0.25, -0.2) is 9.38 Å². The van der Waals surface area contributed by atoms with Crippen LogP contribution in [0.2, 0.25) is 5.02 Å².